The second kappa shape index (κ2) is 17.7. The molecule has 0 saturated heterocycles. The monoisotopic (exact) mass is 905 g/mol. The van der Waals surface area contributed by atoms with Crippen molar-refractivity contribution in [1.29, 1.82) is 0 Å². The fourth-order valence-corrected chi connectivity index (χ4v) is 7.10. The van der Waals surface area contributed by atoms with Gasteiger partial charge in [0, 0.05) is 59.2 Å². The zero-order valence-electron chi connectivity index (χ0n) is 34.1. The molecule has 0 saturated carbocycles. The molecule has 289 valence electrons. The molecule has 3 aromatic heterocycles. The van der Waals surface area contributed by atoms with Crippen LogP contribution in [0.4, 0.5) is 0 Å². The predicted molar refractivity (Wildman–Crippen MR) is 221 cm³/mol. The molecule has 0 aliphatic carbocycles. The number of carbonyl (C=O) groups is 1. The number of hydrogen-bond acceptors (Lipinski definition) is 6. The summed E-state index contributed by atoms with van der Waals surface area (Å²) in [5.41, 5.74) is 7.16. The van der Waals surface area contributed by atoms with E-state index in [9.17, 15) is 9.90 Å². The second-order valence-corrected chi connectivity index (χ2v) is 16.2. The number of hydrogen-bond donors (Lipinski definition) is 1. The summed E-state index contributed by atoms with van der Waals surface area (Å²) in [7, 11) is 0. The molecule has 0 aliphatic rings. The van der Waals surface area contributed by atoms with Crippen LogP contribution in [0.5, 0.6) is 0 Å². The van der Waals surface area contributed by atoms with E-state index < -0.39 is 0 Å². The SMILES string of the molecule is CCC(C)(CC)C(=O)/C=C(\O)C(C)(CC)CC.Cc1ccc2c(n1)oc1c(-c3ncnc4c3ccc3cc(CC(C)C)cc(CC(C)C)c34)[c-]ccc12.[Ir]. The van der Waals surface area contributed by atoms with Crippen molar-refractivity contribution in [1.82, 2.24) is 15.0 Å². The number of aromatic nitrogens is 3. The Bertz CT molecular complexity index is 2280. The fourth-order valence-electron chi connectivity index (χ4n) is 7.10. The van der Waals surface area contributed by atoms with Crippen LogP contribution >= 0.6 is 0 Å². The number of ketones is 1. The minimum Gasteiger partial charge on any atom is -0.512 e. The summed E-state index contributed by atoms with van der Waals surface area (Å²) in [6, 6.07) is 20.6. The van der Waals surface area contributed by atoms with Crippen LogP contribution < -0.4 is 0 Å². The first-order valence-corrected chi connectivity index (χ1v) is 19.5. The molecule has 0 unspecified atom stereocenters. The first kappa shape index (κ1) is 42.8. The van der Waals surface area contributed by atoms with Crippen molar-refractivity contribution in [2.45, 2.75) is 115 Å². The van der Waals surface area contributed by atoms with E-state index in [1.165, 1.54) is 28.0 Å². The summed E-state index contributed by atoms with van der Waals surface area (Å²) in [6.07, 6.45) is 8.52. The van der Waals surface area contributed by atoms with E-state index in [1.54, 1.807) is 6.33 Å². The number of pyridine rings is 1. The minimum absolute atomic E-state index is 0. The van der Waals surface area contributed by atoms with Gasteiger partial charge in [-0.15, -0.1) is 18.2 Å². The van der Waals surface area contributed by atoms with Crippen LogP contribution in [-0.2, 0) is 37.7 Å². The minimum atomic E-state index is -0.337. The van der Waals surface area contributed by atoms with E-state index in [-0.39, 0.29) is 42.5 Å². The molecule has 1 N–H and O–H groups in total. The van der Waals surface area contributed by atoms with E-state index in [0.717, 1.165) is 82.7 Å². The summed E-state index contributed by atoms with van der Waals surface area (Å²) in [5.74, 6) is 1.45. The molecule has 0 bridgehead atoms. The van der Waals surface area contributed by atoms with E-state index in [1.807, 2.05) is 66.7 Å². The number of aliphatic hydroxyl groups excluding tert-OH is 1. The first-order valence-electron chi connectivity index (χ1n) is 19.5. The number of allylic oxidation sites excluding steroid dienone is 2. The van der Waals surface area contributed by atoms with Crippen LogP contribution in [0.1, 0.15) is 112 Å². The van der Waals surface area contributed by atoms with Gasteiger partial charge in [0.1, 0.15) is 12.1 Å². The Morgan fingerprint density at radius 1 is 0.852 bits per heavy atom. The van der Waals surface area contributed by atoms with Gasteiger partial charge in [-0.25, -0.2) is 9.97 Å². The van der Waals surface area contributed by atoms with Gasteiger partial charge in [-0.05, 0) is 91.3 Å². The van der Waals surface area contributed by atoms with Crippen LogP contribution in [0.2, 0.25) is 0 Å². The maximum Gasteiger partial charge on any atom is 0.216 e. The summed E-state index contributed by atoms with van der Waals surface area (Å²) in [5, 5.41) is 15.6. The molecule has 0 spiro atoms. The molecule has 6 rings (SSSR count). The number of nitrogens with zero attached hydrogens (tertiary/aromatic N) is 3. The molecular weight excluding hydrogens is 847 g/mol. The Hall–Kier alpha value is -3.93. The number of aliphatic hydroxyl groups is 1. The number of aryl methyl sites for hydroxylation is 1. The van der Waals surface area contributed by atoms with Gasteiger partial charge >= 0.3 is 0 Å². The zero-order chi connectivity index (χ0) is 38.7. The van der Waals surface area contributed by atoms with E-state index >= 15 is 0 Å². The molecule has 7 heteroatoms. The molecule has 6 nitrogen and oxygen atoms in total. The van der Waals surface area contributed by atoms with Gasteiger partial charge in [0.2, 0.25) is 5.71 Å². The van der Waals surface area contributed by atoms with Gasteiger partial charge in [0.15, 0.2) is 5.78 Å². The molecule has 3 aromatic carbocycles. The second-order valence-electron chi connectivity index (χ2n) is 16.2. The summed E-state index contributed by atoms with van der Waals surface area (Å²) < 4.78 is 6.28. The largest absolute Gasteiger partial charge is 0.512 e. The maximum absolute atomic E-state index is 12.2. The normalized spacial score (nSPS) is 12.5. The average molecular weight is 905 g/mol. The van der Waals surface area contributed by atoms with E-state index in [0.29, 0.717) is 17.5 Å². The van der Waals surface area contributed by atoms with Gasteiger partial charge in [-0.1, -0.05) is 104 Å². The third-order valence-electron chi connectivity index (χ3n) is 11.4. The molecule has 3 heterocycles. The van der Waals surface area contributed by atoms with Crippen LogP contribution in [0.15, 0.2) is 71.1 Å². The molecule has 0 amide bonds. The van der Waals surface area contributed by atoms with Crippen molar-refractivity contribution in [3.05, 3.63) is 89.6 Å². The summed E-state index contributed by atoms with van der Waals surface area (Å²) in [4.78, 5) is 26.4. The van der Waals surface area contributed by atoms with Gasteiger partial charge in [-0.2, -0.15) is 0 Å². The molecule has 0 atom stereocenters. The number of rotatable bonds is 12. The average Bonchev–Trinajstić information content (AvgIpc) is 3.51. The number of furan rings is 1. The zero-order valence-corrected chi connectivity index (χ0v) is 36.5. The van der Waals surface area contributed by atoms with Crippen molar-refractivity contribution in [2.24, 2.45) is 22.7 Å². The number of carbonyl (C=O) groups excluding carboxylic acids is 1. The van der Waals surface area contributed by atoms with E-state index in [2.05, 4.69) is 69.1 Å². The molecule has 6 aromatic rings. The Morgan fingerprint density at radius 2 is 1.50 bits per heavy atom. The standard InChI is InChI=1S/C32H30N3O.C15H28O2.Ir/c1-18(2)13-21-15-22-10-12-26-29(33-17-34-30(26)28(22)23(16-21)14-19(3)4)27-8-6-7-24-25-11-9-20(5)35-32(25)36-31(24)27;1-7-14(5,8-2)12(16)11-13(17)15(6,9-3)10-4;/h6-7,9-12,15-19H,13-14H2,1-5H3;11,16H,7-10H2,1-6H3;/q-1;;/b;12-11-;. The number of benzene rings is 3. The van der Waals surface area contributed by atoms with Crippen LogP contribution in [0, 0.1) is 35.7 Å². The topological polar surface area (TPSA) is 89.1 Å². The van der Waals surface area contributed by atoms with Crippen molar-refractivity contribution >= 4 is 49.5 Å². The molecule has 0 fully saturated rings. The van der Waals surface area contributed by atoms with Crippen molar-refractivity contribution in [3.8, 4) is 11.3 Å². The third kappa shape index (κ3) is 8.79. The van der Waals surface area contributed by atoms with Crippen molar-refractivity contribution < 1.29 is 34.4 Å². The van der Waals surface area contributed by atoms with Crippen molar-refractivity contribution in [2.75, 3.05) is 0 Å². The third-order valence-corrected chi connectivity index (χ3v) is 11.4. The van der Waals surface area contributed by atoms with Crippen LogP contribution in [0.25, 0.3) is 55.0 Å². The smallest absolute Gasteiger partial charge is 0.216 e. The summed E-state index contributed by atoms with van der Waals surface area (Å²) >= 11 is 0. The summed E-state index contributed by atoms with van der Waals surface area (Å²) in [6.45, 7) is 23.2. The number of fused-ring (bicyclic) bond motifs is 6. The quantitative estimate of drug-likeness (QED) is 0.0569. The van der Waals surface area contributed by atoms with Gasteiger partial charge in [0.25, 0.3) is 0 Å². The van der Waals surface area contributed by atoms with Crippen LogP contribution in [-0.4, -0.2) is 25.8 Å². The molecule has 0 aliphatic heterocycles. The first-order chi connectivity index (χ1) is 25.2. The Morgan fingerprint density at radius 3 is 2.13 bits per heavy atom. The maximum atomic E-state index is 12.2. The Kier molecular flexibility index (Phi) is 14.0. The fraction of sp³-hybridized carbons (Fsp3) is 0.447. The van der Waals surface area contributed by atoms with Gasteiger partial charge < -0.3 is 9.52 Å². The van der Waals surface area contributed by atoms with Crippen molar-refractivity contribution in [3.63, 3.8) is 0 Å². The molecule has 1 radical (unpaired) electrons. The van der Waals surface area contributed by atoms with Gasteiger partial charge in [0.05, 0.1) is 11.1 Å². The van der Waals surface area contributed by atoms with Crippen LogP contribution in [0.3, 0.4) is 0 Å². The molecule has 54 heavy (non-hydrogen) atoms. The van der Waals surface area contributed by atoms with E-state index in [4.69, 9.17) is 14.4 Å². The van der Waals surface area contributed by atoms with Gasteiger partial charge in [-0.3, -0.25) is 9.78 Å². The Labute approximate surface area is 335 Å². The Balaban J connectivity index is 0.000000309. The molecular formula is C47H58IrN3O3-. The predicted octanol–water partition coefficient (Wildman–Crippen LogP) is 12.9.